The van der Waals surface area contributed by atoms with Crippen LogP contribution in [0.1, 0.15) is 54.9 Å². The van der Waals surface area contributed by atoms with Gasteiger partial charge in [-0.15, -0.1) is 0 Å². The zero-order valence-corrected chi connectivity index (χ0v) is 10.3. The molecule has 3 rings (SSSR count). The second kappa shape index (κ2) is 3.51. The molecule has 1 nitrogen and oxygen atoms in total. The van der Waals surface area contributed by atoms with E-state index in [1.807, 2.05) is 0 Å². The van der Waals surface area contributed by atoms with E-state index >= 15 is 0 Å². The van der Waals surface area contributed by atoms with E-state index in [1.54, 1.807) is 11.1 Å². The van der Waals surface area contributed by atoms with Crippen LogP contribution in [0.4, 0.5) is 5.69 Å². The molecule has 1 atom stereocenters. The molecule has 2 N–H and O–H groups in total. The smallest absolute Gasteiger partial charge is 0.0384 e. The number of anilines is 1. The summed E-state index contributed by atoms with van der Waals surface area (Å²) >= 11 is 0. The molecule has 2 aliphatic carbocycles. The van der Waals surface area contributed by atoms with Gasteiger partial charge in [0.2, 0.25) is 0 Å². The van der Waals surface area contributed by atoms with Gasteiger partial charge in [0.05, 0.1) is 0 Å². The quantitative estimate of drug-likeness (QED) is 0.713. The third kappa shape index (κ3) is 1.30. The third-order valence-corrected chi connectivity index (χ3v) is 4.50. The number of fused-ring (bicyclic) bond motifs is 2. The zero-order chi connectivity index (χ0) is 11.3. The Morgan fingerprint density at radius 1 is 1.19 bits per heavy atom. The number of aryl methyl sites for hydroxylation is 1. The van der Waals surface area contributed by atoms with Crippen molar-refractivity contribution in [1.82, 2.24) is 0 Å². The Bertz CT molecular complexity index is 432. The Balaban J connectivity index is 2.14. The molecule has 0 spiro atoms. The Kier molecular flexibility index (Phi) is 2.24. The van der Waals surface area contributed by atoms with E-state index in [1.165, 1.54) is 43.2 Å². The van der Waals surface area contributed by atoms with Crippen LogP contribution in [0, 0.1) is 5.92 Å². The van der Waals surface area contributed by atoms with Crippen LogP contribution in [-0.4, -0.2) is 0 Å². The fraction of sp³-hybridized carbons (Fsp3) is 0.600. The summed E-state index contributed by atoms with van der Waals surface area (Å²) < 4.78 is 0. The maximum atomic E-state index is 6.35. The molecule has 16 heavy (non-hydrogen) atoms. The van der Waals surface area contributed by atoms with Gasteiger partial charge in [-0.3, -0.25) is 0 Å². The predicted molar refractivity (Wildman–Crippen MR) is 68.8 cm³/mol. The number of hydrogen-bond acceptors (Lipinski definition) is 1. The second-order valence-electron chi connectivity index (χ2n) is 5.74. The van der Waals surface area contributed by atoms with Crippen molar-refractivity contribution in [3.8, 4) is 0 Å². The molecule has 0 saturated heterocycles. The predicted octanol–water partition coefficient (Wildman–Crippen LogP) is 3.44. The van der Waals surface area contributed by atoms with Crippen LogP contribution in [0.3, 0.4) is 0 Å². The Hall–Kier alpha value is -0.980. The molecule has 0 aliphatic heterocycles. The molecule has 0 radical (unpaired) electrons. The fourth-order valence-corrected chi connectivity index (χ4v) is 3.60. The number of nitrogen functional groups attached to an aromatic ring is 1. The second-order valence-corrected chi connectivity index (χ2v) is 5.74. The molecule has 0 bridgehead atoms. The molecule has 86 valence electrons. The molecule has 0 heterocycles. The van der Waals surface area contributed by atoms with Gasteiger partial charge in [-0.05, 0) is 66.2 Å². The normalized spacial score (nSPS) is 22.6. The van der Waals surface area contributed by atoms with Gasteiger partial charge < -0.3 is 5.73 Å². The Labute approximate surface area is 98.0 Å². The third-order valence-electron chi connectivity index (χ3n) is 4.50. The van der Waals surface area contributed by atoms with Gasteiger partial charge in [0.1, 0.15) is 0 Å². The lowest BCUT2D eigenvalue weighted by Crippen LogP contribution is -2.05. The molecule has 0 saturated carbocycles. The summed E-state index contributed by atoms with van der Waals surface area (Å²) in [6, 6.07) is 2.48. The summed E-state index contributed by atoms with van der Waals surface area (Å²) in [5, 5.41) is 0. The average Bonchev–Trinajstić information content (AvgIpc) is 2.83. The summed E-state index contributed by atoms with van der Waals surface area (Å²) in [5.74, 6) is 1.50. The molecular weight excluding hydrogens is 194 g/mol. The molecule has 1 heteroatoms. The minimum absolute atomic E-state index is 0.750. The average molecular weight is 215 g/mol. The van der Waals surface area contributed by atoms with E-state index in [9.17, 15) is 0 Å². The highest BCUT2D eigenvalue weighted by Gasteiger charge is 2.29. The first-order chi connectivity index (χ1) is 7.68. The van der Waals surface area contributed by atoms with Gasteiger partial charge in [0.25, 0.3) is 0 Å². The summed E-state index contributed by atoms with van der Waals surface area (Å²) in [5.41, 5.74) is 13.6. The minimum Gasteiger partial charge on any atom is -0.398 e. The van der Waals surface area contributed by atoms with E-state index in [-0.39, 0.29) is 0 Å². The van der Waals surface area contributed by atoms with Crippen molar-refractivity contribution < 1.29 is 0 Å². The van der Waals surface area contributed by atoms with Crippen LogP contribution in [0.5, 0.6) is 0 Å². The highest BCUT2D eigenvalue weighted by molar-refractivity contribution is 5.64. The Morgan fingerprint density at radius 2 is 2.00 bits per heavy atom. The number of hydrogen-bond donors (Lipinski definition) is 1. The van der Waals surface area contributed by atoms with Crippen LogP contribution >= 0.6 is 0 Å². The first-order valence-corrected chi connectivity index (χ1v) is 6.61. The van der Waals surface area contributed by atoms with Crippen molar-refractivity contribution in [2.24, 2.45) is 5.92 Å². The van der Waals surface area contributed by atoms with Crippen molar-refractivity contribution in [2.75, 3.05) is 5.73 Å². The fourth-order valence-electron chi connectivity index (χ4n) is 3.60. The molecule has 1 aromatic carbocycles. The SMILES string of the molecule is CC(C)C1CCc2c1cc1c(c2N)CCC1. The molecule has 1 aromatic rings. The van der Waals surface area contributed by atoms with E-state index in [4.69, 9.17) is 5.73 Å². The first-order valence-electron chi connectivity index (χ1n) is 6.61. The number of nitrogens with two attached hydrogens (primary N) is 1. The van der Waals surface area contributed by atoms with Crippen molar-refractivity contribution in [1.29, 1.82) is 0 Å². The van der Waals surface area contributed by atoms with E-state index < -0.39 is 0 Å². The topological polar surface area (TPSA) is 26.0 Å². The van der Waals surface area contributed by atoms with Crippen molar-refractivity contribution in [2.45, 2.75) is 51.9 Å². The van der Waals surface area contributed by atoms with Crippen LogP contribution < -0.4 is 5.73 Å². The molecule has 1 unspecified atom stereocenters. The van der Waals surface area contributed by atoms with Crippen LogP contribution in [0.15, 0.2) is 6.07 Å². The van der Waals surface area contributed by atoms with Gasteiger partial charge in [0.15, 0.2) is 0 Å². The highest BCUT2D eigenvalue weighted by Crippen LogP contribution is 2.44. The summed E-state index contributed by atoms with van der Waals surface area (Å²) in [4.78, 5) is 0. The number of benzene rings is 1. The number of rotatable bonds is 1. The van der Waals surface area contributed by atoms with Crippen LogP contribution in [0.2, 0.25) is 0 Å². The van der Waals surface area contributed by atoms with Gasteiger partial charge >= 0.3 is 0 Å². The lowest BCUT2D eigenvalue weighted by Gasteiger charge is -2.18. The molecule has 2 aliphatic rings. The lowest BCUT2D eigenvalue weighted by molar-refractivity contribution is 0.495. The van der Waals surface area contributed by atoms with E-state index in [0.29, 0.717) is 0 Å². The van der Waals surface area contributed by atoms with Crippen LogP contribution in [-0.2, 0) is 19.3 Å². The van der Waals surface area contributed by atoms with Gasteiger partial charge in [-0.1, -0.05) is 19.9 Å². The van der Waals surface area contributed by atoms with Gasteiger partial charge in [0, 0.05) is 5.69 Å². The van der Waals surface area contributed by atoms with Crippen molar-refractivity contribution >= 4 is 5.69 Å². The maximum absolute atomic E-state index is 6.35. The van der Waals surface area contributed by atoms with Crippen molar-refractivity contribution in [3.05, 3.63) is 28.3 Å². The van der Waals surface area contributed by atoms with Gasteiger partial charge in [-0.2, -0.15) is 0 Å². The summed E-state index contributed by atoms with van der Waals surface area (Å²) in [7, 11) is 0. The minimum atomic E-state index is 0.750. The van der Waals surface area contributed by atoms with Crippen LogP contribution in [0.25, 0.3) is 0 Å². The van der Waals surface area contributed by atoms with E-state index in [2.05, 4.69) is 19.9 Å². The Morgan fingerprint density at radius 3 is 2.75 bits per heavy atom. The van der Waals surface area contributed by atoms with E-state index in [0.717, 1.165) is 17.5 Å². The summed E-state index contributed by atoms with van der Waals surface area (Å²) in [6.07, 6.45) is 6.27. The summed E-state index contributed by atoms with van der Waals surface area (Å²) in [6.45, 7) is 4.67. The molecular formula is C15H21N. The highest BCUT2D eigenvalue weighted by atomic mass is 14.6. The molecule has 0 amide bonds. The maximum Gasteiger partial charge on any atom is 0.0384 e. The first kappa shape index (κ1) is 10.2. The lowest BCUT2D eigenvalue weighted by atomic mass is 9.88. The van der Waals surface area contributed by atoms with Crippen molar-refractivity contribution in [3.63, 3.8) is 0 Å². The molecule has 0 aromatic heterocycles. The largest absolute Gasteiger partial charge is 0.398 e. The monoisotopic (exact) mass is 215 g/mol. The zero-order valence-electron chi connectivity index (χ0n) is 10.3. The molecule has 0 fully saturated rings. The van der Waals surface area contributed by atoms with Gasteiger partial charge in [-0.25, -0.2) is 0 Å². The standard InChI is InChI=1S/C15H21N/c1-9(2)11-6-7-13-14(11)8-10-4-3-5-12(10)15(13)16/h8-9,11H,3-7,16H2,1-2H3.